The fourth-order valence-corrected chi connectivity index (χ4v) is 3.98. The van der Waals surface area contributed by atoms with Gasteiger partial charge in [0.2, 0.25) is 0 Å². The van der Waals surface area contributed by atoms with Crippen molar-refractivity contribution >= 4 is 16.9 Å². The number of pyridine rings is 1. The molecule has 26 heavy (non-hydrogen) atoms. The van der Waals surface area contributed by atoms with Crippen LogP contribution in [0.3, 0.4) is 0 Å². The summed E-state index contributed by atoms with van der Waals surface area (Å²) in [5, 5.41) is 0.859. The summed E-state index contributed by atoms with van der Waals surface area (Å²) in [7, 11) is 0. The van der Waals surface area contributed by atoms with Crippen LogP contribution >= 0.6 is 0 Å². The van der Waals surface area contributed by atoms with Crippen LogP contribution in [0, 0.1) is 0 Å². The van der Waals surface area contributed by atoms with Crippen LogP contribution < -0.4 is 9.47 Å². The molecule has 1 atom stereocenters. The topological polar surface area (TPSA) is 67.5 Å². The Morgan fingerprint density at radius 2 is 2.12 bits per heavy atom. The molecule has 0 unspecified atom stereocenters. The molecule has 0 saturated carbocycles. The molecule has 2 aliphatic rings. The second kappa shape index (κ2) is 6.05. The highest BCUT2D eigenvalue weighted by Crippen LogP contribution is 2.43. The summed E-state index contributed by atoms with van der Waals surface area (Å²) in [5.41, 5.74) is 2.44. The summed E-state index contributed by atoms with van der Waals surface area (Å²) >= 11 is 0. The molecule has 1 fully saturated rings. The van der Waals surface area contributed by atoms with Crippen molar-refractivity contribution in [3.8, 4) is 11.5 Å². The van der Waals surface area contributed by atoms with E-state index < -0.39 is 0 Å². The molecule has 1 saturated heterocycles. The molecule has 3 aromatic rings. The van der Waals surface area contributed by atoms with E-state index in [-0.39, 0.29) is 11.9 Å². The number of benzene rings is 1. The Hall–Kier alpha value is -3.02. The maximum absolute atomic E-state index is 13.3. The van der Waals surface area contributed by atoms with Crippen LogP contribution in [0.15, 0.2) is 42.7 Å². The van der Waals surface area contributed by atoms with E-state index in [2.05, 4.69) is 9.97 Å². The number of amides is 1. The van der Waals surface area contributed by atoms with E-state index in [4.69, 9.17) is 9.47 Å². The van der Waals surface area contributed by atoms with E-state index in [1.165, 1.54) is 0 Å². The average Bonchev–Trinajstić information content (AvgIpc) is 3.34. The van der Waals surface area contributed by atoms with Crippen LogP contribution in [0.2, 0.25) is 0 Å². The molecule has 2 aromatic heterocycles. The first-order valence-electron chi connectivity index (χ1n) is 8.94. The van der Waals surface area contributed by atoms with Crippen LogP contribution in [0.4, 0.5) is 0 Å². The van der Waals surface area contributed by atoms with Crippen LogP contribution in [0.1, 0.15) is 34.8 Å². The van der Waals surface area contributed by atoms with Crippen LogP contribution in [0.25, 0.3) is 11.0 Å². The smallest absolute Gasteiger partial charge is 0.256 e. The summed E-state index contributed by atoms with van der Waals surface area (Å²) in [6.45, 7) is 1.84. The number of nitrogens with one attached hydrogen (secondary N) is 1. The quantitative estimate of drug-likeness (QED) is 0.771. The molecule has 6 nitrogen and oxygen atoms in total. The van der Waals surface area contributed by atoms with Crippen molar-refractivity contribution in [2.45, 2.75) is 18.9 Å². The predicted molar refractivity (Wildman–Crippen MR) is 96.5 cm³/mol. The van der Waals surface area contributed by atoms with Gasteiger partial charge < -0.3 is 19.4 Å². The summed E-state index contributed by atoms with van der Waals surface area (Å²) in [4.78, 5) is 22.6. The molecule has 1 aromatic carbocycles. The molecule has 132 valence electrons. The molecule has 2 aliphatic heterocycles. The van der Waals surface area contributed by atoms with E-state index >= 15 is 0 Å². The normalized spacial score (nSPS) is 19.1. The number of carbonyl (C=O) groups excluding carboxylic acids is 1. The highest BCUT2D eigenvalue weighted by atomic mass is 16.6. The van der Waals surface area contributed by atoms with Gasteiger partial charge in [0.05, 0.1) is 11.6 Å². The summed E-state index contributed by atoms with van der Waals surface area (Å²) < 4.78 is 11.6. The zero-order chi connectivity index (χ0) is 17.5. The lowest BCUT2D eigenvalue weighted by Gasteiger charge is -2.29. The average molecular weight is 349 g/mol. The zero-order valence-electron chi connectivity index (χ0n) is 14.3. The number of fused-ring (bicyclic) bond motifs is 2. The van der Waals surface area contributed by atoms with Crippen LogP contribution in [-0.2, 0) is 0 Å². The minimum atomic E-state index is 0.000714. The Morgan fingerprint density at radius 3 is 3.08 bits per heavy atom. The Kier molecular flexibility index (Phi) is 3.55. The molecule has 5 rings (SSSR count). The molecule has 1 N–H and O–H groups in total. The van der Waals surface area contributed by atoms with Gasteiger partial charge in [-0.1, -0.05) is 12.1 Å². The highest BCUT2D eigenvalue weighted by Gasteiger charge is 2.34. The number of rotatable bonds is 2. The number of H-pyrrole nitrogens is 1. The molecular formula is C20H19N3O3. The van der Waals surface area contributed by atoms with Crippen molar-refractivity contribution in [3.05, 3.63) is 53.9 Å². The predicted octanol–water partition coefficient (Wildman–Crippen LogP) is 3.31. The second-order valence-corrected chi connectivity index (χ2v) is 6.63. The lowest BCUT2D eigenvalue weighted by molar-refractivity contribution is 0.0733. The first-order valence-corrected chi connectivity index (χ1v) is 8.94. The van der Waals surface area contributed by atoms with E-state index in [0.717, 1.165) is 47.5 Å². The van der Waals surface area contributed by atoms with E-state index in [0.29, 0.717) is 18.8 Å². The van der Waals surface area contributed by atoms with Crippen molar-refractivity contribution in [3.63, 3.8) is 0 Å². The zero-order valence-corrected chi connectivity index (χ0v) is 14.3. The molecule has 4 heterocycles. The number of ether oxygens (including phenoxy) is 2. The van der Waals surface area contributed by atoms with Crippen molar-refractivity contribution in [1.29, 1.82) is 0 Å². The highest BCUT2D eigenvalue weighted by molar-refractivity contribution is 6.06. The van der Waals surface area contributed by atoms with Gasteiger partial charge in [-0.2, -0.15) is 0 Å². The van der Waals surface area contributed by atoms with Gasteiger partial charge in [0, 0.05) is 29.9 Å². The van der Waals surface area contributed by atoms with E-state index in [1.54, 1.807) is 12.4 Å². The van der Waals surface area contributed by atoms with Crippen molar-refractivity contribution in [2.24, 2.45) is 0 Å². The first kappa shape index (κ1) is 15.3. The Labute approximate surface area is 150 Å². The van der Waals surface area contributed by atoms with E-state index in [9.17, 15) is 4.79 Å². The van der Waals surface area contributed by atoms with Crippen molar-refractivity contribution < 1.29 is 14.3 Å². The Bertz CT molecular complexity index is 981. The number of aromatic nitrogens is 2. The maximum Gasteiger partial charge on any atom is 0.256 e. The number of para-hydroxylation sites is 1. The fraction of sp³-hybridized carbons (Fsp3) is 0.300. The Balaban J connectivity index is 1.53. The molecular weight excluding hydrogens is 330 g/mol. The molecule has 0 spiro atoms. The third-order valence-electron chi connectivity index (χ3n) is 5.15. The fourth-order valence-electron chi connectivity index (χ4n) is 3.98. The summed E-state index contributed by atoms with van der Waals surface area (Å²) in [6.07, 6.45) is 5.38. The molecule has 0 aliphatic carbocycles. The second-order valence-electron chi connectivity index (χ2n) is 6.63. The largest absolute Gasteiger partial charge is 0.486 e. The number of aromatic amines is 1. The van der Waals surface area contributed by atoms with Gasteiger partial charge in [-0.05, 0) is 31.0 Å². The molecule has 0 bridgehead atoms. The third-order valence-corrected chi connectivity index (χ3v) is 5.15. The number of likely N-dealkylation sites (tertiary alicyclic amines) is 1. The van der Waals surface area contributed by atoms with Gasteiger partial charge in [0.15, 0.2) is 11.5 Å². The van der Waals surface area contributed by atoms with Crippen LogP contribution in [0.5, 0.6) is 11.5 Å². The first-order chi connectivity index (χ1) is 12.8. The number of nitrogens with zero attached hydrogens (tertiary/aromatic N) is 2. The molecule has 0 radical (unpaired) electrons. The van der Waals surface area contributed by atoms with E-state index in [1.807, 2.05) is 35.2 Å². The SMILES string of the molecule is O=C(c1c[nH]c2ncccc12)N1CCC[C@H]1c1cccc2c1OCCO2. The van der Waals surface area contributed by atoms with Crippen LogP contribution in [-0.4, -0.2) is 40.5 Å². The van der Waals surface area contributed by atoms with Gasteiger partial charge in [0.25, 0.3) is 5.91 Å². The van der Waals surface area contributed by atoms with Gasteiger partial charge in [0.1, 0.15) is 18.9 Å². The lowest BCUT2D eigenvalue weighted by Crippen LogP contribution is -2.31. The van der Waals surface area contributed by atoms with Crippen molar-refractivity contribution in [2.75, 3.05) is 19.8 Å². The maximum atomic E-state index is 13.3. The number of hydrogen-bond acceptors (Lipinski definition) is 4. The third kappa shape index (κ3) is 2.33. The van der Waals surface area contributed by atoms with Gasteiger partial charge in [-0.3, -0.25) is 4.79 Å². The minimum absolute atomic E-state index is 0.000714. The van der Waals surface area contributed by atoms with Gasteiger partial charge >= 0.3 is 0 Å². The Morgan fingerprint density at radius 1 is 1.19 bits per heavy atom. The van der Waals surface area contributed by atoms with Crippen molar-refractivity contribution in [1.82, 2.24) is 14.9 Å². The molecule has 6 heteroatoms. The summed E-state index contributed by atoms with van der Waals surface area (Å²) in [5.74, 6) is 1.58. The lowest BCUT2D eigenvalue weighted by atomic mass is 10.0. The van der Waals surface area contributed by atoms with Gasteiger partial charge in [-0.25, -0.2) is 4.98 Å². The standard InChI is InChI=1S/C20H19N3O3/c24-20(15-12-22-19-13(15)5-2-8-21-19)23-9-3-6-16(23)14-4-1-7-17-18(14)26-11-10-25-17/h1-2,4-5,7-8,12,16H,3,6,9-11H2,(H,21,22)/t16-/m0/s1. The van der Waals surface area contributed by atoms with Gasteiger partial charge in [-0.15, -0.1) is 0 Å². The molecule has 1 amide bonds. The monoisotopic (exact) mass is 349 g/mol. The minimum Gasteiger partial charge on any atom is -0.486 e. The number of carbonyl (C=O) groups is 1. The summed E-state index contributed by atoms with van der Waals surface area (Å²) in [6, 6.07) is 9.72. The number of hydrogen-bond donors (Lipinski definition) is 1.